The lowest BCUT2D eigenvalue weighted by Crippen LogP contribution is -2.31. The van der Waals surface area contributed by atoms with Gasteiger partial charge in [0.1, 0.15) is 7.05 Å². The predicted octanol–water partition coefficient (Wildman–Crippen LogP) is 5.36. The Hall–Kier alpha value is -2.41. The highest BCUT2D eigenvalue weighted by molar-refractivity contribution is 5.88. The van der Waals surface area contributed by atoms with E-state index in [2.05, 4.69) is 94.0 Å². The lowest BCUT2D eigenvalue weighted by atomic mass is 9.78. The minimum absolute atomic E-state index is 0.0150. The van der Waals surface area contributed by atoms with E-state index in [1.165, 1.54) is 44.6 Å². The third-order valence-corrected chi connectivity index (χ3v) is 5.81. The molecule has 4 rings (SSSR count). The number of nitrogens with zero attached hydrogens (tertiary/aromatic N) is 1. The summed E-state index contributed by atoms with van der Waals surface area (Å²) in [6.45, 7) is 9.21. The highest BCUT2D eigenvalue weighted by atomic mass is 14.9. The van der Waals surface area contributed by atoms with Crippen LogP contribution in [0.4, 0.5) is 0 Å². The zero-order valence-corrected chi connectivity index (χ0v) is 15.9. The van der Waals surface area contributed by atoms with Gasteiger partial charge in [-0.15, -0.1) is 0 Å². The van der Waals surface area contributed by atoms with E-state index in [0.29, 0.717) is 0 Å². The summed E-state index contributed by atoms with van der Waals surface area (Å²) >= 11 is 0. The second kappa shape index (κ2) is 5.56. The molecule has 1 aromatic heterocycles. The van der Waals surface area contributed by atoms with Crippen LogP contribution in [-0.2, 0) is 18.9 Å². The molecular weight excluding hydrogens is 302 g/mol. The van der Waals surface area contributed by atoms with Gasteiger partial charge in [-0.05, 0) is 52.8 Å². The predicted molar refractivity (Wildman–Crippen MR) is 105 cm³/mol. The second-order valence-corrected chi connectivity index (χ2v) is 7.74. The Morgan fingerprint density at radius 2 is 1.76 bits per heavy atom. The quantitative estimate of drug-likeness (QED) is 0.558. The van der Waals surface area contributed by atoms with Gasteiger partial charge in [0.25, 0.3) is 0 Å². The maximum Gasteiger partial charge on any atom is 0.212 e. The largest absolute Gasteiger partial charge is 0.212 e. The van der Waals surface area contributed by atoms with Gasteiger partial charge in [0.2, 0.25) is 5.69 Å². The molecule has 0 N–H and O–H groups in total. The number of hydrogen-bond donors (Lipinski definition) is 0. The number of rotatable bonds is 2. The summed E-state index contributed by atoms with van der Waals surface area (Å²) in [7, 11) is 2.14. The third kappa shape index (κ3) is 2.26. The highest BCUT2D eigenvalue weighted by Crippen LogP contribution is 2.52. The van der Waals surface area contributed by atoms with Gasteiger partial charge >= 0.3 is 0 Å². The molecule has 0 saturated heterocycles. The van der Waals surface area contributed by atoms with Crippen LogP contribution >= 0.6 is 0 Å². The van der Waals surface area contributed by atoms with Gasteiger partial charge < -0.3 is 0 Å². The third-order valence-electron chi connectivity index (χ3n) is 5.81. The van der Waals surface area contributed by atoms with E-state index in [1.807, 2.05) is 0 Å². The van der Waals surface area contributed by atoms with Gasteiger partial charge in [0.15, 0.2) is 6.20 Å². The molecule has 0 radical (unpaired) electrons. The lowest BCUT2D eigenvalue weighted by Gasteiger charge is -2.24. The summed E-state index contributed by atoms with van der Waals surface area (Å²) in [6.07, 6.45) is 3.22. The topological polar surface area (TPSA) is 3.88 Å². The molecule has 0 unspecified atom stereocenters. The minimum atomic E-state index is 0.0150. The molecule has 0 aliphatic heterocycles. The van der Waals surface area contributed by atoms with Crippen molar-refractivity contribution in [1.29, 1.82) is 0 Å². The summed E-state index contributed by atoms with van der Waals surface area (Å²) in [4.78, 5) is 0. The standard InChI is InChI=1S/C24H26N/c1-6-17-11-13-20-19(15-17)18-12-10-16(2)22(23(18)24(20,3)4)21-9-7-8-14-25(21)5/h7-15H,6H2,1-5H3/q+1. The molecule has 3 aromatic rings. The van der Waals surface area contributed by atoms with Gasteiger partial charge in [0, 0.05) is 17.5 Å². The number of aromatic nitrogens is 1. The van der Waals surface area contributed by atoms with E-state index in [0.717, 1.165) is 6.42 Å². The first-order valence-corrected chi connectivity index (χ1v) is 9.18. The van der Waals surface area contributed by atoms with Crippen molar-refractivity contribution in [2.45, 2.75) is 39.5 Å². The fourth-order valence-electron chi connectivity index (χ4n) is 4.41. The fourth-order valence-corrected chi connectivity index (χ4v) is 4.41. The average Bonchev–Trinajstić information content (AvgIpc) is 2.83. The monoisotopic (exact) mass is 328 g/mol. The number of fused-ring (bicyclic) bond motifs is 3. The van der Waals surface area contributed by atoms with Gasteiger partial charge in [-0.2, -0.15) is 0 Å². The van der Waals surface area contributed by atoms with E-state index in [9.17, 15) is 0 Å². The normalized spacial score (nSPS) is 14.3. The molecule has 1 aliphatic rings. The zero-order valence-electron chi connectivity index (χ0n) is 15.9. The maximum absolute atomic E-state index is 2.40. The molecule has 1 heterocycles. The molecule has 1 nitrogen and oxygen atoms in total. The van der Waals surface area contributed by atoms with Gasteiger partial charge in [0.05, 0.1) is 5.56 Å². The average molecular weight is 328 g/mol. The summed E-state index contributed by atoms with van der Waals surface area (Å²) in [5, 5.41) is 0. The van der Waals surface area contributed by atoms with Crippen molar-refractivity contribution in [2.24, 2.45) is 7.05 Å². The molecule has 0 fully saturated rings. The van der Waals surface area contributed by atoms with Crippen LogP contribution in [0.2, 0.25) is 0 Å². The van der Waals surface area contributed by atoms with Crippen LogP contribution in [0, 0.1) is 6.92 Å². The zero-order chi connectivity index (χ0) is 17.8. The minimum Gasteiger partial charge on any atom is -0.201 e. The molecule has 1 aliphatic carbocycles. The van der Waals surface area contributed by atoms with Crippen molar-refractivity contribution in [2.75, 3.05) is 0 Å². The van der Waals surface area contributed by atoms with Crippen molar-refractivity contribution in [3.05, 3.63) is 77.0 Å². The van der Waals surface area contributed by atoms with Gasteiger partial charge in [-0.1, -0.05) is 51.1 Å². The van der Waals surface area contributed by atoms with Crippen LogP contribution in [0.25, 0.3) is 22.4 Å². The molecule has 0 spiro atoms. The maximum atomic E-state index is 2.40. The highest BCUT2D eigenvalue weighted by Gasteiger charge is 2.39. The van der Waals surface area contributed by atoms with E-state index >= 15 is 0 Å². The van der Waals surface area contributed by atoms with Gasteiger partial charge in [-0.25, -0.2) is 4.57 Å². The molecule has 0 bridgehead atoms. The van der Waals surface area contributed by atoms with E-state index in [-0.39, 0.29) is 5.41 Å². The Kier molecular flexibility index (Phi) is 3.57. The molecule has 2 aromatic carbocycles. The van der Waals surface area contributed by atoms with Crippen LogP contribution < -0.4 is 4.57 Å². The van der Waals surface area contributed by atoms with E-state index in [1.54, 1.807) is 0 Å². The molecular formula is C24H26N+. The van der Waals surface area contributed by atoms with Crippen molar-refractivity contribution in [1.82, 2.24) is 0 Å². The first-order valence-electron chi connectivity index (χ1n) is 9.18. The number of benzene rings is 2. The van der Waals surface area contributed by atoms with Crippen LogP contribution in [0.5, 0.6) is 0 Å². The Morgan fingerprint density at radius 3 is 2.48 bits per heavy atom. The summed E-state index contributed by atoms with van der Waals surface area (Å²) in [6, 6.07) is 18.1. The molecule has 0 amide bonds. The number of aryl methyl sites for hydroxylation is 3. The summed E-state index contributed by atoms with van der Waals surface area (Å²) in [5.41, 5.74) is 11.2. The van der Waals surface area contributed by atoms with E-state index < -0.39 is 0 Å². The Labute approximate surface area is 151 Å². The van der Waals surface area contributed by atoms with Crippen molar-refractivity contribution >= 4 is 0 Å². The first kappa shape index (κ1) is 16.1. The Morgan fingerprint density at radius 1 is 0.960 bits per heavy atom. The van der Waals surface area contributed by atoms with E-state index in [4.69, 9.17) is 0 Å². The molecule has 0 atom stereocenters. The van der Waals surface area contributed by atoms with Crippen molar-refractivity contribution < 1.29 is 4.57 Å². The fraction of sp³-hybridized carbons (Fsp3) is 0.292. The SMILES string of the molecule is CCc1ccc2c(c1)-c1ccc(C)c(-c3cccc[n+]3C)c1C2(C)C. The molecule has 126 valence electrons. The Bertz CT molecular complexity index is 979. The molecule has 25 heavy (non-hydrogen) atoms. The van der Waals surface area contributed by atoms with Crippen molar-refractivity contribution in [3.63, 3.8) is 0 Å². The van der Waals surface area contributed by atoms with Crippen LogP contribution in [0.15, 0.2) is 54.7 Å². The van der Waals surface area contributed by atoms with Crippen LogP contribution in [-0.4, -0.2) is 0 Å². The molecule has 1 heteroatoms. The second-order valence-electron chi connectivity index (χ2n) is 7.74. The van der Waals surface area contributed by atoms with Crippen molar-refractivity contribution in [3.8, 4) is 22.4 Å². The van der Waals surface area contributed by atoms with Crippen LogP contribution in [0.3, 0.4) is 0 Å². The molecule has 0 saturated carbocycles. The number of hydrogen-bond acceptors (Lipinski definition) is 0. The first-order chi connectivity index (χ1) is 11.9. The van der Waals surface area contributed by atoms with Gasteiger partial charge in [-0.3, -0.25) is 0 Å². The Balaban J connectivity index is 2.08. The summed E-state index contributed by atoms with van der Waals surface area (Å²) < 4.78 is 2.24. The lowest BCUT2D eigenvalue weighted by molar-refractivity contribution is -0.660. The smallest absolute Gasteiger partial charge is 0.201 e. The summed E-state index contributed by atoms with van der Waals surface area (Å²) in [5.74, 6) is 0. The number of pyridine rings is 1. The van der Waals surface area contributed by atoms with Crippen LogP contribution in [0.1, 0.15) is 43.0 Å².